The molecule has 2 N–H and O–H groups in total. The Morgan fingerprint density at radius 2 is 1.97 bits per heavy atom. The van der Waals surface area contributed by atoms with Crippen LogP contribution in [-0.4, -0.2) is 24.0 Å². The van der Waals surface area contributed by atoms with Crippen molar-refractivity contribution < 1.29 is 31.9 Å². The van der Waals surface area contributed by atoms with Crippen LogP contribution in [0.3, 0.4) is 0 Å². The van der Waals surface area contributed by atoms with Gasteiger partial charge in [0.15, 0.2) is 0 Å². The predicted octanol–water partition coefficient (Wildman–Crippen LogP) is 3.39. The summed E-state index contributed by atoms with van der Waals surface area (Å²) in [5.74, 6) is 0.382. The van der Waals surface area contributed by atoms with E-state index in [0.29, 0.717) is 11.4 Å². The lowest BCUT2D eigenvalue weighted by Gasteiger charge is -2.09. The fourth-order valence-electron chi connectivity index (χ4n) is 2.53. The highest BCUT2D eigenvalue weighted by Crippen LogP contribution is 2.30. The number of carbonyl (C=O) groups excluding carboxylic acids is 1. The molecule has 0 unspecified atom stereocenters. The molecule has 0 atom stereocenters. The van der Waals surface area contributed by atoms with Gasteiger partial charge >= 0.3 is 16.8 Å². The minimum atomic E-state index is -4.49. The number of H-pyrrole nitrogens is 1. The Hall–Kier alpha value is -3.21. The number of hydrogen-bond donors (Lipinski definition) is 2. The van der Waals surface area contributed by atoms with Crippen LogP contribution < -0.4 is 20.4 Å². The summed E-state index contributed by atoms with van der Waals surface area (Å²) in [6, 6.07) is 11.2. The van der Waals surface area contributed by atoms with Crippen molar-refractivity contribution in [1.29, 1.82) is 0 Å². The number of aromatic nitrogens is 2. The van der Waals surface area contributed by atoms with Gasteiger partial charge in [0.2, 0.25) is 11.6 Å². The molecule has 0 radical (unpaired) electrons. The Balaban J connectivity index is 1.61. The van der Waals surface area contributed by atoms with E-state index >= 15 is 0 Å². The predicted molar refractivity (Wildman–Crippen MR) is 103 cm³/mol. The lowest BCUT2D eigenvalue weighted by Crippen LogP contribution is -2.36. The maximum Gasteiger partial charge on any atom is 0.442 e. The first-order valence-electron chi connectivity index (χ1n) is 8.66. The number of alkyl halides is 3. The highest BCUT2D eigenvalue weighted by Gasteiger charge is 2.30. The van der Waals surface area contributed by atoms with Crippen LogP contribution in [0.4, 0.5) is 18.9 Å². The molecule has 0 saturated heterocycles. The van der Waals surface area contributed by atoms with E-state index in [0.717, 1.165) is 23.9 Å². The summed E-state index contributed by atoms with van der Waals surface area (Å²) in [4.78, 5) is 24.0. The molecular formula is C19H17F3N3O4S+. The van der Waals surface area contributed by atoms with Crippen LogP contribution in [0.2, 0.25) is 0 Å². The smallest absolute Gasteiger partial charge is 0.442 e. The molecule has 3 aromatic rings. The van der Waals surface area contributed by atoms with Gasteiger partial charge in [-0.2, -0.15) is 13.2 Å². The summed E-state index contributed by atoms with van der Waals surface area (Å²) in [6.45, 7) is 0. The number of nitrogens with one attached hydrogen (secondary N) is 2. The van der Waals surface area contributed by atoms with Gasteiger partial charge in [-0.1, -0.05) is 6.07 Å². The molecule has 1 amide bonds. The highest BCUT2D eigenvalue weighted by molar-refractivity contribution is 7.99. The molecule has 7 nitrogen and oxygen atoms in total. The molecule has 158 valence electrons. The van der Waals surface area contributed by atoms with Crippen molar-refractivity contribution >= 4 is 23.4 Å². The van der Waals surface area contributed by atoms with E-state index in [4.69, 9.17) is 9.26 Å². The molecule has 0 saturated carbocycles. The number of rotatable bonds is 7. The SMILES string of the molecule is COc1ccc(-[n+]2[nH]oc(=O)c2SCCC(=O)Nc2cccc(C(F)(F)F)c2)cc1. The van der Waals surface area contributed by atoms with Crippen LogP contribution >= 0.6 is 11.8 Å². The fourth-order valence-corrected chi connectivity index (χ4v) is 3.44. The first-order chi connectivity index (χ1) is 14.3. The van der Waals surface area contributed by atoms with Gasteiger partial charge < -0.3 is 10.1 Å². The number of hydrogen-bond acceptors (Lipinski definition) is 5. The summed E-state index contributed by atoms with van der Waals surface area (Å²) in [7, 11) is 1.54. The fraction of sp³-hybridized carbons (Fsp3) is 0.211. The molecule has 0 spiro atoms. The van der Waals surface area contributed by atoms with Crippen LogP contribution in [0.25, 0.3) is 5.69 Å². The molecule has 0 aliphatic rings. The maximum absolute atomic E-state index is 12.8. The van der Waals surface area contributed by atoms with Gasteiger partial charge in [-0.3, -0.25) is 9.32 Å². The number of thioether (sulfide) groups is 1. The van der Waals surface area contributed by atoms with E-state index in [2.05, 4.69) is 10.6 Å². The molecule has 0 aliphatic heterocycles. The Morgan fingerprint density at radius 1 is 1.23 bits per heavy atom. The van der Waals surface area contributed by atoms with Gasteiger partial charge in [-0.05, 0) is 52.0 Å². The van der Waals surface area contributed by atoms with Gasteiger partial charge in [0.1, 0.15) is 5.75 Å². The molecule has 2 aromatic carbocycles. The Morgan fingerprint density at radius 3 is 2.63 bits per heavy atom. The van der Waals surface area contributed by atoms with Gasteiger partial charge in [-0.15, -0.1) is 0 Å². The zero-order valence-electron chi connectivity index (χ0n) is 15.7. The number of nitrogens with zero attached hydrogens (tertiary/aromatic N) is 1. The van der Waals surface area contributed by atoms with Crippen molar-refractivity contribution in [2.24, 2.45) is 0 Å². The van der Waals surface area contributed by atoms with Crippen molar-refractivity contribution in [3.8, 4) is 11.4 Å². The van der Waals surface area contributed by atoms with E-state index < -0.39 is 23.3 Å². The number of aromatic amines is 1. The van der Waals surface area contributed by atoms with E-state index in [-0.39, 0.29) is 22.9 Å². The molecule has 0 fully saturated rings. The summed E-state index contributed by atoms with van der Waals surface area (Å²) in [6.07, 6.45) is -4.51. The van der Waals surface area contributed by atoms with Crippen molar-refractivity contribution in [2.75, 3.05) is 18.2 Å². The quantitative estimate of drug-likeness (QED) is 0.434. The Bertz CT molecular complexity index is 1080. The molecule has 0 aliphatic carbocycles. The number of halogens is 3. The number of methoxy groups -OCH3 is 1. The first kappa shape index (κ1) is 21.5. The molecular weight excluding hydrogens is 423 g/mol. The molecule has 3 rings (SSSR count). The van der Waals surface area contributed by atoms with Crippen LogP contribution in [0.5, 0.6) is 5.75 Å². The van der Waals surface area contributed by atoms with Gasteiger partial charge in [0, 0.05) is 30.0 Å². The highest BCUT2D eigenvalue weighted by atomic mass is 32.2. The largest absolute Gasteiger partial charge is 0.497 e. The summed E-state index contributed by atoms with van der Waals surface area (Å²) < 4.78 is 49.6. The van der Waals surface area contributed by atoms with Crippen LogP contribution in [0.15, 0.2) is 62.9 Å². The molecule has 30 heavy (non-hydrogen) atoms. The maximum atomic E-state index is 12.8. The Labute approximate surface area is 172 Å². The first-order valence-corrected chi connectivity index (χ1v) is 9.64. The normalized spacial score (nSPS) is 11.3. The summed E-state index contributed by atoms with van der Waals surface area (Å²) >= 11 is 1.08. The minimum Gasteiger partial charge on any atom is -0.497 e. The van der Waals surface area contributed by atoms with E-state index in [9.17, 15) is 22.8 Å². The molecule has 1 aromatic heterocycles. The number of benzene rings is 2. The second-order valence-corrected chi connectivity index (χ2v) is 7.13. The third-order valence-corrected chi connectivity index (χ3v) is 5.01. The van der Waals surface area contributed by atoms with Crippen molar-refractivity contribution in [1.82, 2.24) is 5.27 Å². The molecule has 11 heteroatoms. The number of amides is 1. The molecule has 1 heterocycles. The van der Waals surface area contributed by atoms with E-state index in [1.54, 1.807) is 24.3 Å². The van der Waals surface area contributed by atoms with Crippen LogP contribution in [-0.2, 0) is 11.0 Å². The number of anilines is 1. The van der Waals surface area contributed by atoms with Crippen LogP contribution in [0.1, 0.15) is 12.0 Å². The lowest BCUT2D eigenvalue weighted by atomic mass is 10.2. The number of ether oxygens (including phenoxy) is 1. The second-order valence-electron chi connectivity index (χ2n) is 6.04. The zero-order chi connectivity index (χ0) is 21.7. The van der Waals surface area contributed by atoms with Gasteiger partial charge in [0.25, 0.3) is 0 Å². The standard InChI is InChI=1S/C19H16F3N3O4S/c1-28-15-7-5-14(6-8-15)25-17(18(27)29-24-25)30-10-9-16(26)23-13-4-2-3-12(11-13)19(20,21)22/h2-8,11H,9-10H2,1H3,(H-,23,24,26,27)/p+1. The summed E-state index contributed by atoms with van der Waals surface area (Å²) in [5, 5.41) is 5.14. The second kappa shape index (κ2) is 9.08. The van der Waals surface area contributed by atoms with Gasteiger partial charge in [-0.25, -0.2) is 4.79 Å². The topological polar surface area (TPSA) is 88.2 Å². The molecule has 0 bridgehead atoms. The van der Waals surface area contributed by atoms with E-state index in [1.165, 1.54) is 23.9 Å². The monoisotopic (exact) mass is 440 g/mol. The zero-order valence-corrected chi connectivity index (χ0v) is 16.5. The average Bonchev–Trinajstić information content (AvgIpc) is 3.08. The van der Waals surface area contributed by atoms with E-state index in [1.807, 2.05) is 0 Å². The van der Waals surface area contributed by atoms with Crippen molar-refractivity contribution in [3.05, 3.63) is 64.5 Å². The average molecular weight is 440 g/mol. The summed E-state index contributed by atoms with van der Waals surface area (Å²) in [5.41, 5.74) is -0.777. The minimum absolute atomic E-state index is 0.0197. The van der Waals surface area contributed by atoms with Gasteiger partial charge in [0.05, 0.1) is 12.7 Å². The number of carbonyl (C=O) groups is 1. The van der Waals surface area contributed by atoms with Crippen LogP contribution in [0, 0.1) is 0 Å². The Kier molecular flexibility index (Phi) is 6.50. The third kappa shape index (κ3) is 5.23. The lowest BCUT2D eigenvalue weighted by molar-refractivity contribution is -0.704. The van der Waals surface area contributed by atoms with Crippen molar-refractivity contribution in [2.45, 2.75) is 17.6 Å². The van der Waals surface area contributed by atoms with Crippen molar-refractivity contribution in [3.63, 3.8) is 0 Å². The third-order valence-electron chi connectivity index (χ3n) is 3.98.